The highest BCUT2D eigenvalue weighted by Gasteiger charge is 2.22. The van der Waals surface area contributed by atoms with Gasteiger partial charge in [-0.1, -0.05) is 12.1 Å². The van der Waals surface area contributed by atoms with E-state index in [4.69, 9.17) is 25.4 Å². The van der Waals surface area contributed by atoms with E-state index in [0.717, 1.165) is 17.0 Å². The molecule has 0 radical (unpaired) electrons. The highest BCUT2D eigenvalue weighted by Crippen LogP contribution is 2.38. The number of nitrogens with two attached hydrogens (primary N) is 1. The molecule has 0 saturated heterocycles. The van der Waals surface area contributed by atoms with Gasteiger partial charge in [0, 0.05) is 28.9 Å². The number of anilines is 2. The smallest absolute Gasteiger partial charge is 0.188 e. The number of hydrogen-bond donors (Lipinski definition) is 3. The zero-order valence-corrected chi connectivity index (χ0v) is 22.6. The summed E-state index contributed by atoms with van der Waals surface area (Å²) in [5.41, 5.74) is 8.84. The lowest BCUT2D eigenvalue weighted by atomic mass is 10.1. The van der Waals surface area contributed by atoms with Crippen molar-refractivity contribution in [2.24, 2.45) is 5.73 Å². The second-order valence-corrected chi connectivity index (χ2v) is 9.07. The lowest BCUT2D eigenvalue weighted by Gasteiger charge is -2.26. The number of rotatable bonds is 12. The lowest BCUT2D eigenvalue weighted by Crippen LogP contribution is -2.20. The van der Waals surface area contributed by atoms with Crippen LogP contribution in [-0.2, 0) is 6.54 Å². The van der Waals surface area contributed by atoms with E-state index in [9.17, 15) is 0 Å². The van der Waals surface area contributed by atoms with Gasteiger partial charge in [-0.05, 0) is 64.1 Å². The summed E-state index contributed by atoms with van der Waals surface area (Å²) in [5.74, 6) is 1.38. The normalized spacial score (nSPS) is 10.9. The maximum absolute atomic E-state index is 16.0. The molecular weight excluding hydrogens is 497 g/mol. The van der Waals surface area contributed by atoms with Gasteiger partial charge in [0.05, 0.1) is 43.4 Å². The number of nitrogens with zero attached hydrogens (tertiary/aromatic N) is 2. The molecule has 0 aliphatic heterocycles. The summed E-state index contributed by atoms with van der Waals surface area (Å²) in [7, 11) is 0. The lowest BCUT2D eigenvalue weighted by molar-refractivity contribution is 0.229. The van der Waals surface area contributed by atoms with Crippen molar-refractivity contribution in [3.63, 3.8) is 0 Å². The molecule has 0 aliphatic carbocycles. The summed E-state index contributed by atoms with van der Waals surface area (Å²) >= 11 is 0. The molecule has 0 fully saturated rings. The number of aromatic nitrogens is 2. The van der Waals surface area contributed by atoms with E-state index in [1.165, 1.54) is 0 Å². The van der Waals surface area contributed by atoms with Gasteiger partial charge in [-0.2, -0.15) is 0 Å². The average Bonchev–Trinajstić information content (AvgIpc) is 3.38. The Morgan fingerprint density at radius 3 is 2.41 bits per heavy atom. The molecule has 4 rings (SSSR count). The van der Waals surface area contributed by atoms with Crippen LogP contribution in [0.4, 0.5) is 15.8 Å². The Hall–Kier alpha value is -4.53. The molecule has 0 spiro atoms. The van der Waals surface area contributed by atoms with Gasteiger partial charge >= 0.3 is 0 Å². The van der Waals surface area contributed by atoms with Gasteiger partial charge in [0.15, 0.2) is 11.6 Å². The predicted molar refractivity (Wildman–Crippen MR) is 152 cm³/mol. The molecule has 0 unspecified atom stereocenters. The van der Waals surface area contributed by atoms with Crippen molar-refractivity contribution in [2.45, 2.75) is 40.3 Å². The number of nitrogen functional groups attached to an aromatic ring is 1. The third kappa shape index (κ3) is 6.49. The minimum atomic E-state index is -0.517. The number of nitrogens with one attached hydrogen (secondary N) is 2. The molecule has 9 heteroatoms. The second kappa shape index (κ2) is 12.3. The van der Waals surface area contributed by atoms with E-state index in [-0.39, 0.29) is 29.9 Å². The van der Waals surface area contributed by atoms with Gasteiger partial charge < -0.3 is 29.8 Å². The third-order valence-electron chi connectivity index (χ3n) is 5.86. The van der Waals surface area contributed by atoms with E-state index < -0.39 is 5.82 Å². The summed E-state index contributed by atoms with van der Waals surface area (Å²) in [5, 5.41) is 7.74. The Labute approximate surface area is 228 Å². The van der Waals surface area contributed by atoms with Crippen molar-refractivity contribution in [1.29, 1.82) is 5.41 Å². The zero-order valence-electron chi connectivity index (χ0n) is 22.6. The first-order valence-corrected chi connectivity index (χ1v) is 12.9. The largest absolute Gasteiger partial charge is 0.494 e. The van der Waals surface area contributed by atoms with E-state index in [1.54, 1.807) is 47.5 Å². The monoisotopic (exact) mass is 531 g/mol. The quantitative estimate of drug-likeness (QED) is 0.144. The molecule has 4 N–H and O–H groups in total. The first-order valence-electron chi connectivity index (χ1n) is 12.9. The van der Waals surface area contributed by atoms with Crippen LogP contribution in [0.5, 0.6) is 17.2 Å². The molecule has 204 valence electrons. The van der Waals surface area contributed by atoms with Crippen molar-refractivity contribution in [3.05, 3.63) is 84.1 Å². The summed E-state index contributed by atoms with van der Waals surface area (Å²) in [4.78, 5) is 9.74. The second-order valence-electron chi connectivity index (χ2n) is 9.07. The summed E-state index contributed by atoms with van der Waals surface area (Å²) < 4.78 is 33.3. The minimum Gasteiger partial charge on any atom is -0.494 e. The first kappa shape index (κ1) is 27.5. The number of aromatic amines is 1. The van der Waals surface area contributed by atoms with Gasteiger partial charge in [-0.25, -0.2) is 9.37 Å². The first-order chi connectivity index (χ1) is 18.8. The Morgan fingerprint density at radius 1 is 1.03 bits per heavy atom. The molecule has 1 aromatic heterocycles. The van der Waals surface area contributed by atoms with Gasteiger partial charge in [0.1, 0.15) is 23.2 Å². The maximum Gasteiger partial charge on any atom is 0.188 e. The van der Waals surface area contributed by atoms with Gasteiger partial charge in [0.25, 0.3) is 0 Å². The fraction of sp³-hybridized carbons (Fsp3) is 0.267. The maximum atomic E-state index is 16.0. The summed E-state index contributed by atoms with van der Waals surface area (Å²) in [6, 6.07) is 18.0. The molecule has 0 amide bonds. The summed E-state index contributed by atoms with van der Waals surface area (Å²) in [6.45, 7) is 8.66. The molecule has 0 bridgehead atoms. The van der Waals surface area contributed by atoms with Crippen LogP contribution in [0.25, 0.3) is 11.3 Å². The Balaban J connectivity index is 1.79. The SMILES string of the molecule is CCOc1cc(OC(C)C)c(F)c(N(Cc2ncc(-c3ccccc3OCC)[nH]2)c2ccc(C(=N)N)cc2)c1. The van der Waals surface area contributed by atoms with Crippen LogP contribution in [0.2, 0.25) is 0 Å². The topological polar surface area (TPSA) is 109 Å². The van der Waals surface area contributed by atoms with Gasteiger partial charge in [0.2, 0.25) is 0 Å². The fourth-order valence-corrected chi connectivity index (χ4v) is 4.18. The highest BCUT2D eigenvalue weighted by atomic mass is 19.1. The summed E-state index contributed by atoms with van der Waals surface area (Å²) in [6.07, 6.45) is 1.51. The zero-order chi connectivity index (χ0) is 27.9. The van der Waals surface area contributed by atoms with Crippen LogP contribution >= 0.6 is 0 Å². The van der Waals surface area contributed by atoms with Crippen molar-refractivity contribution in [2.75, 3.05) is 18.1 Å². The van der Waals surface area contributed by atoms with Crippen molar-refractivity contribution in [1.82, 2.24) is 9.97 Å². The van der Waals surface area contributed by atoms with E-state index >= 15 is 4.39 Å². The molecule has 0 atom stereocenters. The van der Waals surface area contributed by atoms with Crippen LogP contribution in [-0.4, -0.2) is 35.1 Å². The fourth-order valence-electron chi connectivity index (χ4n) is 4.18. The van der Waals surface area contributed by atoms with E-state index in [0.29, 0.717) is 36.0 Å². The molecule has 1 heterocycles. The van der Waals surface area contributed by atoms with Crippen LogP contribution in [0, 0.1) is 11.2 Å². The van der Waals surface area contributed by atoms with E-state index in [2.05, 4.69) is 9.97 Å². The van der Waals surface area contributed by atoms with Crippen LogP contribution in [0.15, 0.2) is 66.9 Å². The molecule has 0 aliphatic rings. The van der Waals surface area contributed by atoms with Crippen molar-refractivity contribution >= 4 is 17.2 Å². The standard InChI is InChI=1S/C30H34FN5O3/c1-5-37-22-15-25(29(31)27(16-22)39-19(3)4)36(21-13-11-20(12-14-21)30(32)33)18-28-34-17-24(35-28)23-9-7-8-10-26(23)38-6-2/h7-17,19H,5-6,18H2,1-4H3,(H3,32,33)(H,34,35). The average molecular weight is 532 g/mol. The highest BCUT2D eigenvalue weighted by molar-refractivity contribution is 5.95. The number of benzene rings is 3. The van der Waals surface area contributed by atoms with Crippen molar-refractivity contribution < 1.29 is 18.6 Å². The molecule has 4 aromatic rings. The van der Waals surface area contributed by atoms with Crippen LogP contribution in [0.1, 0.15) is 39.1 Å². The number of halogens is 1. The Kier molecular flexibility index (Phi) is 8.70. The minimum absolute atomic E-state index is 0.0473. The number of imidazole rings is 1. The number of H-pyrrole nitrogens is 1. The molecular formula is C30H34FN5O3. The molecule has 8 nitrogen and oxygen atoms in total. The molecule has 3 aromatic carbocycles. The third-order valence-corrected chi connectivity index (χ3v) is 5.86. The number of para-hydroxylation sites is 1. The Morgan fingerprint density at radius 2 is 1.74 bits per heavy atom. The van der Waals surface area contributed by atoms with Gasteiger partial charge in [-0.3, -0.25) is 5.41 Å². The number of hydrogen-bond acceptors (Lipinski definition) is 6. The number of ether oxygens (including phenoxy) is 3. The molecule has 39 heavy (non-hydrogen) atoms. The van der Waals surface area contributed by atoms with Crippen LogP contribution in [0.3, 0.4) is 0 Å². The van der Waals surface area contributed by atoms with Crippen LogP contribution < -0.4 is 24.8 Å². The van der Waals surface area contributed by atoms with Gasteiger partial charge in [-0.15, -0.1) is 0 Å². The molecule has 0 saturated carbocycles. The van der Waals surface area contributed by atoms with Crippen molar-refractivity contribution in [3.8, 4) is 28.5 Å². The van der Waals surface area contributed by atoms with E-state index in [1.807, 2.05) is 52.0 Å². The predicted octanol–water partition coefficient (Wildman–Crippen LogP) is 6.42. The number of amidine groups is 1. The Bertz CT molecular complexity index is 1420.